The Kier molecular flexibility index (Phi) is 2.82. The fourth-order valence-corrected chi connectivity index (χ4v) is 2.38. The van der Waals surface area contributed by atoms with Gasteiger partial charge in [-0.05, 0) is 32.4 Å². The summed E-state index contributed by atoms with van der Waals surface area (Å²) >= 11 is 0. The number of hydrogen-bond acceptors (Lipinski definition) is 3. The maximum Gasteiger partial charge on any atom is 0.418 e. The Morgan fingerprint density at radius 3 is 2.70 bits per heavy atom. The molecule has 4 heteroatoms. The summed E-state index contributed by atoms with van der Waals surface area (Å²) in [6.45, 7) is 5.59. The second-order valence-electron chi connectivity index (χ2n) is 5.98. The molecule has 0 radical (unpaired) electrons. The molecule has 3 rings (SSSR count). The van der Waals surface area contributed by atoms with E-state index < -0.39 is 5.60 Å². The lowest BCUT2D eigenvalue weighted by atomic mass is 10.1. The summed E-state index contributed by atoms with van der Waals surface area (Å²) in [5, 5.41) is 0. The highest BCUT2D eigenvalue weighted by Crippen LogP contribution is 2.36. The predicted octanol–water partition coefficient (Wildman–Crippen LogP) is 3.61. The molecular formula is C16H18N2O2. The summed E-state index contributed by atoms with van der Waals surface area (Å²) in [6, 6.07) is 8.26. The zero-order valence-corrected chi connectivity index (χ0v) is 12.0. The SMILES string of the molecule is CC(C)(C)OC(=O)N1C=CN2C(=C1)Cc1ccccc12. The molecule has 1 amide bonds. The summed E-state index contributed by atoms with van der Waals surface area (Å²) in [5.41, 5.74) is 3.05. The first-order valence-electron chi connectivity index (χ1n) is 6.71. The maximum atomic E-state index is 12.1. The highest BCUT2D eigenvalue weighted by Gasteiger charge is 2.28. The van der Waals surface area contributed by atoms with Crippen LogP contribution >= 0.6 is 0 Å². The summed E-state index contributed by atoms with van der Waals surface area (Å²) in [6.07, 6.45) is 5.97. The van der Waals surface area contributed by atoms with Gasteiger partial charge in [-0.3, -0.25) is 4.90 Å². The van der Waals surface area contributed by atoms with E-state index in [-0.39, 0.29) is 6.09 Å². The lowest BCUT2D eigenvalue weighted by Crippen LogP contribution is -2.33. The van der Waals surface area contributed by atoms with Crippen molar-refractivity contribution in [1.29, 1.82) is 0 Å². The van der Waals surface area contributed by atoms with E-state index in [1.54, 1.807) is 6.20 Å². The number of carbonyl (C=O) groups is 1. The van der Waals surface area contributed by atoms with Gasteiger partial charge in [0, 0.05) is 36.4 Å². The first-order valence-corrected chi connectivity index (χ1v) is 6.71. The zero-order valence-electron chi connectivity index (χ0n) is 12.0. The Hall–Kier alpha value is -2.23. The third-order valence-electron chi connectivity index (χ3n) is 3.20. The fourth-order valence-electron chi connectivity index (χ4n) is 2.38. The lowest BCUT2D eigenvalue weighted by molar-refractivity contribution is 0.0396. The third-order valence-corrected chi connectivity index (χ3v) is 3.20. The van der Waals surface area contributed by atoms with E-state index in [0.29, 0.717) is 0 Å². The van der Waals surface area contributed by atoms with Gasteiger partial charge < -0.3 is 9.64 Å². The molecule has 1 aromatic rings. The van der Waals surface area contributed by atoms with E-state index in [2.05, 4.69) is 17.0 Å². The predicted molar refractivity (Wildman–Crippen MR) is 77.9 cm³/mol. The van der Waals surface area contributed by atoms with Crippen LogP contribution in [0.2, 0.25) is 0 Å². The van der Waals surface area contributed by atoms with Crippen LogP contribution in [0.1, 0.15) is 26.3 Å². The number of para-hydroxylation sites is 1. The molecule has 0 aliphatic carbocycles. The normalized spacial score (nSPS) is 16.6. The minimum Gasteiger partial charge on any atom is -0.443 e. The van der Waals surface area contributed by atoms with Crippen LogP contribution in [0.25, 0.3) is 0 Å². The zero-order chi connectivity index (χ0) is 14.3. The quantitative estimate of drug-likeness (QED) is 0.722. The van der Waals surface area contributed by atoms with E-state index in [9.17, 15) is 4.79 Å². The number of allylic oxidation sites excluding steroid dienone is 1. The van der Waals surface area contributed by atoms with Crippen LogP contribution in [0.5, 0.6) is 0 Å². The van der Waals surface area contributed by atoms with E-state index in [0.717, 1.165) is 12.1 Å². The molecule has 0 saturated carbocycles. The van der Waals surface area contributed by atoms with Gasteiger partial charge in [-0.25, -0.2) is 4.79 Å². The lowest BCUT2D eigenvalue weighted by Gasteiger charge is -2.28. The first-order chi connectivity index (χ1) is 9.44. The standard InChI is InChI=1S/C16H18N2O2/c1-16(2,3)20-15(19)17-8-9-18-13(11-17)10-12-6-4-5-7-14(12)18/h4-9,11H,10H2,1-3H3. The van der Waals surface area contributed by atoms with Gasteiger partial charge in [-0.1, -0.05) is 18.2 Å². The van der Waals surface area contributed by atoms with Gasteiger partial charge in [0.15, 0.2) is 0 Å². The molecule has 0 bridgehead atoms. The van der Waals surface area contributed by atoms with Crippen LogP contribution < -0.4 is 4.90 Å². The molecular weight excluding hydrogens is 252 g/mol. The first kappa shape index (κ1) is 12.8. The second-order valence-corrected chi connectivity index (χ2v) is 5.98. The Balaban J connectivity index is 1.81. The van der Waals surface area contributed by atoms with Crippen molar-refractivity contribution in [3.8, 4) is 0 Å². The molecule has 2 aliphatic heterocycles. The Morgan fingerprint density at radius 2 is 1.95 bits per heavy atom. The number of benzene rings is 1. The number of anilines is 1. The largest absolute Gasteiger partial charge is 0.443 e. The summed E-state index contributed by atoms with van der Waals surface area (Å²) in [4.78, 5) is 15.7. The van der Waals surface area contributed by atoms with Crippen molar-refractivity contribution in [2.45, 2.75) is 32.8 Å². The van der Waals surface area contributed by atoms with Gasteiger partial charge in [-0.15, -0.1) is 0 Å². The average molecular weight is 270 g/mol. The molecule has 104 valence electrons. The topological polar surface area (TPSA) is 32.8 Å². The third kappa shape index (κ3) is 2.29. The summed E-state index contributed by atoms with van der Waals surface area (Å²) in [5.74, 6) is 0. The smallest absolute Gasteiger partial charge is 0.418 e. The Labute approximate surface area is 118 Å². The molecule has 0 fully saturated rings. The molecule has 0 spiro atoms. The molecule has 2 heterocycles. The molecule has 0 N–H and O–H groups in total. The molecule has 0 atom stereocenters. The van der Waals surface area contributed by atoms with Gasteiger partial charge in [0.2, 0.25) is 0 Å². The molecule has 0 saturated heterocycles. The van der Waals surface area contributed by atoms with Gasteiger partial charge in [0.25, 0.3) is 0 Å². The van der Waals surface area contributed by atoms with Gasteiger partial charge in [0.05, 0.1) is 0 Å². The van der Waals surface area contributed by atoms with Crippen LogP contribution in [-0.2, 0) is 11.2 Å². The van der Waals surface area contributed by atoms with Crippen LogP contribution in [0.4, 0.5) is 10.5 Å². The van der Waals surface area contributed by atoms with Crippen LogP contribution in [0.15, 0.2) is 48.6 Å². The Morgan fingerprint density at radius 1 is 1.20 bits per heavy atom. The van der Waals surface area contributed by atoms with Gasteiger partial charge >= 0.3 is 6.09 Å². The molecule has 4 nitrogen and oxygen atoms in total. The van der Waals surface area contributed by atoms with Crippen molar-refractivity contribution in [2.75, 3.05) is 4.90 Å². The second kappa shape index (κ2) is 4.40. The van der Waals surface area contributed by atoms with Crippen molar-refractivity contribution in [3.63, 3.8) is 0 Å². The number of nitrogens with zero attached hydrogens (tertiary/aromatic N) is 2. The number of amides is 1. The van der Waals surface area contributed by atoms with E-state index >= 15 is 0 Å². The highest BCUT2D eigenvalue weighted by atomic mass is 16.6. The number of hydrogen-bond donors (Lipinski definition) is 0. The molecule has 0 unspecified atom stereocenters. The maximum absolute atomic E-state index is 12.1. The number of carbonyl (C=O) groups excluding carboxylic acids is 1. The molecule has 2 aliphatic rings. The van der Waals surface area contributed by atoms with Crippen molar-refractivity contribution in [1.82, 2.24) is 4.90 Å². The van der Waals surface area contributed by atoms with Crippen molar-refractivity contribution in [3.05, 3.63) is 54.1 Å². The Bertz CT molecular complexity index is 611. The van der Waals surface area contributed by atoms with Crippen LogP contribution in [0, 0.1) is 0 Å². The van der Waals surface area contributed by atoms with Crippen molar-refractivity contribution < 1.29 is 9.53 Å². The fraction of sp³-hybridized carbons (Fsp3) is 0.312. The van der Waals surface area contributed by atoms with E-state index in [1.165, 1.54) is 16.2 Å². The van der Waals surface area contributed by atoms with Gasteiger partial charge in [-0.2, -0.15) is 0 Å². The summed E-state index contributed by atoms with van der Waals surface area (Å²) < 4.78 is 5.38. The number of rotatable bonds is 0. The minimum atomic E-state index is -0.487. The monoisotopic (exact) mass is 270 g/mol. The van der Waals surface area contributed by atoms with Crippen LogP contribution in [-0.4, -0.2) is 16.6 Å². The highest BCUT2D eigenvalue weighted by molar-refractivity contribution is 5.74. The van der Waals surface area contributed by atoms with Crippen molar-refractivity contribution in [2.24, 2.45) is 0 Å². The minimum absolute atomic E-state index is 0.350. The van der Waals surface area contributed by atoms with Gasteiger partial charge in [0.1, 0.15) is 5.60 Å². The summed E-state index contributed by atoms with van der Waals surface area (Å²) in [7, 11) is 0. The van der Waals surface area contributed by atoms with Crippen LogP contribution in [0.3, 0.4) is 0 Å². The molecule has 1 aromatic carbocycles. The number of fused-ring (bicyclic) bond motifs is 3. The average Bonchev–Trinajstić information content (AvgIpc) is 2.74. The molecule has 20 heavy (non-hydrogen) atoms. The van der Waals surface area contributed by atoms with Crippen molar-refractivity contribution >= 4 is 11.8 Å². The number of ether oxygens (including phenoxy) is 1. The van der Waals surface area contributed by atoms with E-state index in [4.69, 9.17) is 4.74 Å². The molecule has 0 aromatic heterocycles. The van der Waals surface area contributed by atoms with E-state index in [1.807, 2.05) is 45.3 Å².